The Morgan fingerprint density at radius 1 is 1.38 bits per heavy atom. The van der Waals surface area contributed by atoms with E-state index in [4.69, 9.17) is 9.84 Å². The number of nitrogens with zero attached hydrogens (tertiary/aromatic N) is 3. The summed E-state index contributed by atoms with van der Waals surface area (Å²) in [5.41, 5.74) is 0.475. The second-order valence-corrected chi connectivity index (χ2v) is 7.70. The number of aliphatic hydroxyl groups is 1. The number of ether oxygens (including phenoxy) is 1. The van der Waals surface area contributed by atoms with E-state index in [2.05, 4.69) is 10.4 Å². The number of nitrogens with one attached hydrogen (secondary N) is 1. The van der Waals surface area contributed by atoms with Crippen LogP contribution in [0.5, 0.6) is 0 Å². The van der Waals surface area contributed by atoms with Crippen molar-refractivity contribution in [1.82, 2.24) is 14.1 Å². The quantitative estimate of drug-likeness (QED) is 0.603. The number of benzene rings is 1. The first-order valence-electron chi connectivity index (χ1n) is 7.92. The molecule has 0 saturated heterocycles. The predicted molar refractivity (Wildman–Crippen MR) is 95.4 cm³/mol. The lowest BCUT2D eigenvalue weighted by atomic mass is 10.2. The Labute approximate surface area is 152 Å². The highest BCUT2D eigenvalue weighted by molar-refractivity contribution is 7.89. The van der Waals surface area contributed by atoms with Crippen LogP contribution in [0.3, 0.4) is 0 Å². The molecule has 0 amide bonds. The van der Waals surface area contributed by atoms with Crippen LogP contribution in [0.2, 0.25) is 0 Å². The number of anilines is 1. The normalized spacial score (nSPS) is 11.5. The summed E-state index contributed by atoms with van der Waals surface area (Å²) in [6.45, 7) is 0.553. The predicted octanol–water partition coefficient (Wildman–Crippen LogP) is 0.395. The fraction of sp³-hybridized carbons (Fsp3) is 0.375. The number of carbonyl (C=O) groups excluding carboxylic acids is 1. The Hall–Kier alpha value is -2.43. The maximum Gasteiger partial charge on any atom is 0.340 e. The lowest BCUT2D eigenvalue weighted by molar-refractivity contribution is 0.0488. The first-order chi connectivity index (χ1) is 12.4. The number of hydrogen-bond donors (Lipinski definition) is 2. The average Bonchev–Trinajstić information content (AvgIpc) is 3.12. The standard InChI is InChI=1S/C16H22N4O5S/c1-19(2)26(23,24)13-4-5-15(17-7-10-21)14(12-13)16(22)25-11-9-20-8-3-6-18-20/h3-6,8,12,17,21H,7,9-11H2,1-2H3. The minimum absolute atomic E-state index is 0.0175. The van der Waals surface area contributed by atoms with E-state index in [1.54, 1.807) is 23.1 Å². The summed E-state index contributed by atoms with van der Waals surface area (Å²) >= 11 is 0. The molecule has 0 saturated carbocycles. The zero-order valence-electron chi connectivity index (χ0n) is 14.6. The van der Waals surface area contributed by atoms with Crippen molar-refractivity contribution in [3.05, 3.63) is 42.2 Å². The van der Waals surface area contributed by atoms with Crippen LogP contribution in [0.1, 0.15) is 10.4 Å². The molecule has 0 aliphatic carbocycles. The van der Waals surface area contributed by atoms with Crippen molar-refractivity contribution in [2.24, 2.45) is 0 Å². The minimum Gasteiger partial charge on any atom is -0.460 e. The third-order valence-electron chi connectivity index (χ3n) is 3.53. The fourth-order valence-corrected chi connectivity index (χ4v) is 3.08. The third-order valence-corrected chi connectivity index (χ3v) is 5.34. The van der Waals surface area contributed by atoms with Gasteiger partial charge < -0.3 is 15.2 Å². The molecule has 9 nitrogen and oxygen atoms in total. The maximum atomic E-state index is 12.4. The molecule has 0 unspecified atom stereocenters. The Morgan fingerprint density at radius 3 is 2.77 bits per heavy atom. The van der Waals surface area contributed by atoms with Crippen LogP contribution in [0, 0.1) is 0 Å². The van der Waals surface area contributed by atoms with E-state index in [0.29, 0.717) is 12.2 Å². The van der Waals surface area contributed by atoms with Crippen molar-refractivity contribution in [2.75, 3.05) is 39.2 Å². The van der Waals surface area contributed by atoms with Gasteiger partial charge in [0.2, 0.25) is 10.0 Å². The molecular formula is C16H22N4O5S. The van der Waals surface area contributed by atoms with Gasteiger partial charge in [-0.05, 0) is 24.3 Å². The van der Waals surface area contributed by atoms with Crippen LogP contribution in [0.15, 0.2) is 41.6 Å². The monoisotopic (exact) mass is 382 g/mol. The second kappa shape index (κ2) is 8.79. The van der Waals surface area contributed by atoms with Crippen LogP contribution in [-0.4, -0.2) is 67.4 Å². The van der Waals surface area contributed by atoms with Gasteiger partial charge in [-0.15, -0.1) is 0 Å². The van der Waals surface area contributed by atoms with Crippen molar-refractivity contribution >= 4 is 21.7 Å². The Kier molecular flexibility index (Phi) is 6.72. The molecule has 0 atom stereocenters. The summed E-state index contributed by atoms with van der Waals surface area (Å²) < 4.78 is 32.5. The molecule has 1 aromatic heterocycles. The lowest BCUT2D eigenvalue weighted by Gasteiger charge is -2.15. The molecule has 26 heavy (non-hydrogen) atoms. The largest absolute Gasteiger partial charge is 0.460 e. The highest BCUT2D eigenvalue weighted by Crippen LogP contribution is 2.23. The molecule has 10 heteroatoms. The summed E-state index contributed by atoms with van der Waals surface area (Å²) in [5, 5.41) is 15.9. The van der Waals surface area contributed by atoms with Crippen molar-refractivity contribution < 1.29 is 23.1 Å². The Balaban J connectivity index is 2.22. The van der Waals surface area contributed by atoms with Gasteiger partial charge >= 0.3 is 5.97 Å². The zero-order valence-corrected chi connectivity index (χ0v) is 15.4. The summed E-state index contributed by atoms with van der Waals surface area (Å²) in [4.78, 5) is 12.4. The number of aliphatic hydroxyl groups excluding tert-OH is 1. The van der Waals surface area contributed by atoms with Gasteiger partial charge in [-0.25, -0.2) is 17.5 Å². The van der Waals surface area contributed by atoms with E-state index in [1.807, 2.05) is 0 Å². The highest BCUT2D eigenvalue weighted by Gasteiger charge is 2.22. The van der Waals surface area contributed by atoms with Crippen molar-refractivity contribution in [3.63, 3.8) is 0 Å². The molecule has 0 aliphatic heterocycles. The summed E-state index contributed by atoms with van der Waals surface area (Å²) in [7, 11) is -0.868. The number of sulfonamides is 1. The summed E-state index contributed by atoms with van der Waals surface area (Å²) in [6, 6.07) is 5.91. The van der Waals surface area contributed by atoms with E-state index in [1.165, 1.54) is 32.3 Å². The highest BCUT2D eigenvalue weighted by atomic mass is 32.2. The van der Waals surface area contributed by atoms with Crippen LogP contribution in [0.4, 0.5) is 5.69 Å². The SMILES string of the molecule is CN(C)S(=O)(=O)c1ccc(NCCO)c(C(=O)OCCn2cccn2)c1. The molecule has 0 radical (unpaired) electrons. The minimum atomic E-state index is -3.69. The van der Waals surface area contributed by atoms with Crippen LogP contribution in [0.25, 0.3) is 0 Å². The van der Waals surface area contributed by atoms with Crippen LogP contribution < -0.4 is 5.32 Å². The van der Waals surface area contributed by atoms with Gasteiger partial charge in [-0.3, -0.25) is 4.68 Å². The lowest BCUT2D eigenvalue weighted by Crippen LogP contribution is -2.23. The third kappa shape index (κ3) is 4.81. The number of esters is 1. The first kappa shape index (κ1) is 19.9. The molecule has 2 aromatic rings. The smallest absolute Gasteiger partial charge is 0.340 e. The van der Waals surface area contributed by atoms with E-state index in [-0.39, 0.29) is 30.2 Å². The molecule has 2 rings (SSSR count). The fourth-order valence-electron chi connectivity index (χ4n) is 2.15. The van der Waals surface area contributed by atoms with E-state index in [0.717, 1.165) is 4.31 Å². The number of carbonyl (C=O) groups is 1. The van der Waals surface area contributed by atoms with Gasteiger partial charge in [0.05, 0.1) is 23.6 Å². The zero-order chi connectivity index (χ0) is 19.2. The maximum absolute atomic E-state index is 12.4. The molecule has 0 bridgehead atoms. The van der Waals surface area contributed by atoms with E-state index < -0.39 is 16.0 Å². The van der Waals surface area contributed by atoms with Gasteiger partial charge in [0.1, 0.15) is 6.61 Å². The van der Waals surface area contributed by atoms with Gasteiger partial charge in [0.25, 0.3) is 0 Å². The molecule has 0 spiro atoms. The Morgan fingerprint density at radius 2 is 2.15 bits per heavy atom. The summed E-state index contributed by atoms with van der Waals surface area (Å²) in [5.74, 6) is -0.659. The average molecular weight is 382 g/mol. The molecule has 142 valence electrons. The van der Waals surface area contributed by atoms with Gasteiger partial charge in [0, 0.05) is 38.7 Å². The van der Waals surface area contributed by atoms with Gasteiger partial charge in [-0.1, -0.05) is 0 Å². The number of rotatable bonds is 9. The van der Waals surface area contributed by atoms with Crippen molar-refractivity contribution in [1.29, 1.82) is 0 Å². The van der Waals surface area contributed by atoms with Crippen LogP contribution >= 0.6 is 0 Å². The van der Waals surface area contributed by atoms with Crippen molar-refractivity contribution in [2.45, 2.75) is 11.4 Å². The first-order valence-corrected chi connectivity index (χ1v) is 9.36. The molecular weight excluding hydrogens is 360 g/mol. The van der Waals surface area contributed by atoms with Gasteiger partial charge in [-0.2, -0.15) is 5.10 Å². The van der Waals surface area contributed by atoms with Crippen LogP contribution in [-0.2, 0) is 21.3 Å². The molecule has 0 fully saturated rings. The van der Waals surface area contributed by atoms with Crippen molar-refractivity contribution in [3.8, 4) is 0 Å². The number of aromatic nitrogens is 2. The molecule has 1 aromatic carbocycles. The van der Waals surface area contributed by atoms with E-state index in [9.17, 15) is 13.2 Å². The molecule has 0 aliphatic rings. The second-order valence-electron chi connectivity index (χ2n) is 5.55. The van der Waals surface area contributed by atoms with E-state index >= 15 is 0 Å². The number of hydrogen-bond acceptors (Lipinski definition) is 7. The Bertz CT molecular complexity index is 834. The summed E-state index contributed by atoms with van der Waals surface area (Å²) in [6.07, 6.45) is 3.36. The molecule has 1 heterocycles. The van der Waals surface area contributed by atoms with Gasteiger partial charge in [0.15, 0.2) is 0 Å². The molecule has 2 N–H and O–H groups in total. The topological polar surface area (TPSA) is 114 Å².